The molecule has 0 unspecified atom stereocenters. The number of alkyl halides is 1. The van der Waals surface area contributed by atoms with E-state index in [1.165, 1.54) is 0 Å². The van der Waals surface area contributed by atoms with Crippen molar-refractivity contribution in [1.82, 2.24) is 9.80 Å². The third-order valence-electron chi connectivity index (χ3n) is 2.95. The van der Waals surface area contributed by atoms with Gasteiger partial charge in [0.05, 0.1) is 13.2 Å². The van der Waals surface area contributed by atoms with E-state index in [1.54, 1.807) is 16.9 Å². The Morgan fingerprint density at radius 1 is 1.05 bits per heavy atom. The number of piperazine rings is 1. The average Bonchev–Trinajstić information content (AvgIpc) is 2.44. The lowest BCUT2D eigenvalue weighted by Crippen LogP contribution is -2.51. The summed E-state index contributed by atoms with van der Waals surface area (Å²) in [5, 5.41) is 0. The predicted octanol–water partition coefficient (Wildman–Crippen LogP) is -0.0509. The molecule has 0 aromatic carbocycles. The van der Waals surface area contributed by atoms with E-state index in [9.17, 15) is 9.59 Å². The molecule has 0 saturated carbocycles. The molecule has 1 saturated heterocycles. The highest BCUT2D eigenvalue weighted by Gasteiger charge is 2.23. The minimum Gasteiger partial charge on any atom is -0.382 e. The Labute approximate surface area is 118 Å². The molecule has 7 heteroatoms. The van der Waals surface area contributed by atoms with Gasteiger partial charge < -0.3 is 19.3 Å². The van der Waals surface area contributed by atoms with Crippen LogP contribution in [-0.4, -0.2) is 80.6 Å². The fourth-order valence-electron chi connectivity index (χ4n) is 1.84. The van der Waals surface area contributed by atoms with Crippen LogP contribution in [0.1, 0.15) is 6.42 Å². The van der Waals surface area contributed by atoms with Crippen LogP contribution in [0.2, 0.25) is 0 Å². The molecule has 0 aromatic rings. The smallest absolute Gasteiger partial charge is 0.248 e. The molecule has 6 nitrogen and oxygen atoms in total. The molecular weight excluding hydrogens is 272 g/mol. The third-order valence-corrected chi connectivity index (χ3v) is 3.14. The highest BCUT2D eigenvalue weighted by molar-refractivity contribution is 6.18. The topological polar surface area (TPSA) is 59.1 Å². The van der Waals surface area contributed by atoms with E-state index >= 15 is 0 Å². The molecule has 1 rings (SSSR count). The highest BCUT2D eigenvalue weighted by atomic mass is 35.5. The molecule has 110 valence electrons. The summed E-state index contributed by atoms with van der Waals surface area (Å²) in [7, 11) is 1.59. The Balaban J connectivity index is 2.21. The predicted molar refractivity (Wildman–Crippen MR) is 71.2 cm³/mol. The Hall–Kier alpha value is -0.850. The van der Waals surface area contributed by atoms with Gasteiger partial charge in [0.15, 0.2) is 0 Å². The molecule has 1 fully saturated rings. The van der Waals surface area contributed by atoms with Gasteiger partial charge in [0.2, 0.25) is 11.8 Å². The van der Waals surface area contributed by atoms with Gasteiger partial charge in [-0.15, -0.1) is 11.6 Å². The van der Waals surface area contributed by atoms with Crippen molar-refractivity contribution in [2.75, 3.05) is 59.0 Å². The average molecular weight is 293 g/mol. The van der Waals surface area contributed by atoms with Crippen LogP contribution in [0.3, 0.4) is 0 Å². The monoisotopic (exact) mass is 292 g/mol. The van der Waals surface area contributed by atoms with Crippen LogP contribution in [0.15, 0.2) is 0 Å². The lowest BCUT2D eigenvalue weighted by Gasteiger charge is -2.34. The summed E-state index contributed by atoms with van der Waals surface area (Å²) in [4.78, 5) is 26.9. The largest absolute Gasteiger partial charge is 0.382 e. The molecule has 0 N–H and O–H groups in total. The van der Waals surface area contributed by atoms with Crippen molar-refractivity contribution in [1.29, 1.82) is 0 Å². The van der Waals surface area contributed by atoms with Crippen molar-refractivity contribution in [2.24, 2.45) is 0 Å². The number of halogens is 1. The van der Waals surface area contributed by atoms with E-state index in [-0.39, 0.29) is 18.4 Å². The number of hydrogen-bond donors (Lipinski definition) is 0. The quantitative estimate of drug-likeness (QED) is 0.488. The summed E-state index contributed by atoms with van der Waals surface area (Å²) in [5.74, 6) is 0.352. The van der Waals surface area contributed by atoms with Gasteiger partial charge in [-0.1, -0.05) is 0 Å². The maximum atomic E-state index is 11.8. The van der Waals surface area contributed by atoms with Gasteiger partial charge in [-0.25, -0.2) is 0 Å². The molecule has 0 aliphatic carbocycles. The fraction of sp³-hybridized carbons (Fsp3) is 0.833. The molecule has 1 aliphatic rings. The second-order valence-corrected chi connectivity index (χ2v) is 4.62. The van der Waals surface area contributed by atoms with Gasteiger partial charge in [-0.2, -0.15) is 0 Å². The Bertz CT molecular complexity index is 293. The standard InChI is InChI=1S/C12H21ClN2O4/c1-18-8-9-19-10-12(17)15-6-4-14(5-7-15)11(16)2-3-13/h2-10H2,1H3. The van der Waals surface area contributed by atoms with Gasteiger partial charge in [0.1, 0.15) is 6.61 Å². The summed E-state index contributed by atoms with van der Waals surface area (Å²) < 4.78 is 10.0. The zero-order valence-corrected chi connectivity index (χ0v) is 12.0. The molecular formula is C12H21ClN2O4. The van der Waals surface area contributed by atoms with Gasteiger partial charge in [0, 0.05) is 45.6 Å². The number of methoxy groups -OCH3 is 1. The van der Waals surface area contributed by atoms with E-state index in [0.717, 1.165) is 0 Å². The Morgan fingerprint density at radius 3 is 2.16 bits per heavy atom. The van der Waals surface area contributed by atoms with Gasteiger partial charge in [0.25, 0.3) is 0 Å². The van der Waals surface area contributed by atoms with Crippen LogP contribution in [0.5, 0.6) is 0 Å². The Kier molecular flexibility index (Phi) is 7.78. The summed E-state index contributed by atoms with van der Waals surface area (Å²) in [6, 6.07) is 0. The lowest BCUT2D eigenvalue weighted by atomic mass is 10.3. The number of carbonyl (C=O) groups excluding carboxylic acids is 2. The van der Waals surface area contributed by atoms with E-state index in [1.807, 2.05) is 0 Å². The number of hydrogen-bond acceptors (Lipinski definition) is 4. The first-order chi connectivity index (χ1) is 9.19. The molecule has 0 aromatic heterocycles. The SMILES string of the molecule is COCCOCC(=O)N1CCN(C(=O)CCCl)CC1. The second-order valence-electron chi connectivity index (χ2n) is 4.25. The van der Waals surface area contributed by atoms with Crippen LogP contribution in [0.4, 0.5) is 0 Å². The van der Waals surface area contributed by atoms with Crippen molar-refractivity contribution < 1.29 is 19.1 Å². The molecule has 2 amide bonds. The van der Waals surface area contributed by atoms with Crippen LogP contribution in [-0.2, 0) is 19.1 Å². The van der Waals surface area contributed by atoms with Gasteiger partial charge in [-0.3, -0.25) is 9.59 Å². The van der Waals surface area contributed by atoms with Crippen molar-refractivity contribution in [3.05, 3.63) is 0 Å². The second kappa shape index (κ2) is 9.12. The van der Waals surface area contributed by atoms with Crippen LogP contribution in [0.25, 0.3) is 0 Å². The molecule has 0 atom stereocenters. The number of nitrogens with zero attached hydrogens (tertiary/aromatic N) is 2. The van der Waals surface area contributed by atoms with Crippen molar-refractivity contribution in [2.45, 2.75) is 6.42 Å². The molecule has 0 spiro atoms. The molecule has 1 aliphatic heterocycles. The normalized spacial score (nSPS) is 15.7. The lowest BCUT2D eigenvalue weighted by molar-refractivity contribution is -0.142. The first-order valence-corrected chi connectivity index (χ1v) is 6.90. The van der Waals surface area contributed by atoms with Crippen molar-refractivity contribution in [3.63, 3.8) is 0 Å². The Morgan fingerprint density at radius 2 is 1.63 bits per heavy atom. The summed E-state index contributed by atoms with van der Waals surface area (Å²) in [5.41, 5.74) is 0. The van der Waals surface area contributed by atoms with Crippen LogP contribution in [0, 0.1) is 0 Å². The molecule has 0 bridgehead atoms. The van der Waals surface area contributed by atoms with E-state index < -0.39 is 0 Å². The molecule has 19 heavy (non-hydrogen) atoms. The fourth-order valence-corrected chi connectivity index (χ4v) is 2.00. The van der Waals surface area contributed by atoms with E-state index in [4.69, 9.17) is 21.1 Å². The minimum atomic E-state index is -0.0412. The highest BCUT2D eigenvalue weighted by Crippen LogP contribution is 2.05. The van der Waals surface area contributed by atoms with Crippen molar-refractivity contribution >= 4 is 23.4 Å². The number of carbonyl (C=O) groups is 2. The van der Waals surface area contributed by atoms with Gasteiger partial charge in [-0.05, 0) is 0 Å². The molecule has 1 heterocycles. The number of amides is 2. The molecule has 0 radical (unpaired) electrons. The maximum absolute atomic E-state index is 11.8. The van der Waals surface area contributed by atoms with Crippen LogP contribution < -0.4 is 0 Å². The number of ether oxygens (including phenoxy) is 2. The summed E-state index contributed by atoms with van der Waals surface area (Å²) in [6.45, 7) is 3.21. The number of rotatable bonds is 7. The maximum Gasteiger partial charge on any atom is 0.248 e. The first kappa shape index (κ1) is 16.2. The first-order valence-electron chi connectivity index (χ1n) is 6.37. The van der Waals surface area contributed by atoms with E-state index in [2.05, 4.69) is 0 Å². The third kappa shape index (κ3) is 5.76. The zero-order chi connectivity index (χ0) is 14.1. The summed E-state index contributed by atoms with van der Waals surface area (Å²) in [6.07, 6.45) is 0.357. The van der Waals surface area contributed by atoms with Crippen LogP contribution >= 0.6 is 11.6 Å². The van der Waals surface area contributed by atoms with Gasteiger partial charge >= 0.3 is 0 Å². The van der Waals surface area contributed by atoms with E-state index in [0.29, 0.717) is 51.7 Å². The minimum absolute atomic E-state index is 0.0412. The van der Waals surface area contributed by atoms with Crippen molar-refractivity contribution in [3.8, 4) is 0 Å². The summed E-state index contributed by atoms with van der Waals surface area (Å²) >= 11 is 5.54. The zero-order valence-electron chi connectivity index (χ0n) is 11.3.